The van der Waals surface area contributed by atoms with Gasteiger partial charge in [-0.3, -0.25) is 4.79 Å². The summed E-state index contributed by atoms with van der Waals surface area (Å²) < 4.78 is 24.2. The van der Waals surface area contributed by atoms with Crippen LogP contribution in [0.5, 0.6) is 0 Å². The Morgan fingerprint density at radius 1 is 1.43 bits per heavy atom. The van der Waals surface area contributed by atoms with Crippen LogP contribution in [0.25, 0.3) is 0 Å². The molecule has 124 valence electrons. The second-order valence-electron chi connectivity index (χ2n) is 5.71. The number of carbonyl (C=O) groups is 1. The number of hydrogen-bond donors (Lipinski definition) is 2. The van der Waals surface area contributed by atoms with Gasteiger partial charge in [0.1, 0.15) is 0 Å². The Bertz CT molecular complexity index is 406. The number of sulfonamides is 1. The third-order valence-corrected chi connectivity index (χ3v) is 5.29. The molecule has 1 unspecified atom stereocenters. The summed E-state index contributed by atoms with van der Waals surface area (Å²) in [6.45, 7) is 5.40. The van der Waals surface area contributed by atoms with E-state index in [1.54, 1.807) is 0 Å². The van der Waals surface area contributed by atoms with Crippen molar-refractivity contribution in [1.82, 2.24) is 14.9 Å². The first-order valence-electron chi connectivity index (χ1n) is 7.86. The minimum absolute atomic E-state index is 0.0722. The fraction of sp³-hybridized carbons (Fsp3) is 0.929. The average Bonchev–Trinajstić information content (AvgIpc) is 2.45. The number of nitrogens with one attached hydrogen (secondary N) is 2. The number of nitrogens with zero attached hydrogens (tertiary/aromatic N) is 1. The summed E-state index contributed by atoms with van der Waals surface area (Å²) in [4.78, 5) is 11.7. The van der Waals surface area contributed by atoms with Crippen LogP contribution in [0.1, 0.15) is 39.0 Å². The summed E-state index contributed by atoms with van der Waals surface area (Å²) in [6.07, 6.45) is 5.77. The van der Waals surface area contributed by atoms with Gasteiger partial charge in [-0.25, -0.2) is 12.7 Å². The maximum absolute atomic E-state index is 11.7. The van der Waals surface area contributed by atoms with Crippen molar-refractivity contribution in [1.29, 1.82) is 0 Å². The van der Waals surface area contributed by atoms with Gasteiger partial charge in [0.05, 0.1) is 6.26 Å². The van der Waals surface area contributed by atoms with E-state index in [2.05, 4.69) is 10.6 Å². The Hall–Kier alpha value is -0.660. The zero-order valence-corrected chi connectivity index (χ0v) is 14.0. The van der Waals surface area contributed by atoms with E-state index in [9.17, 15) is 13.2 Å². The van der Waals surface area contributed by atoms with Gasteiger partial charge in [0, 0.05) is 26.1 Å². The van der Waals surface area contributed by atoms with Crippen LogP contribution in [-0.2, 0) is 14.8 Å². The van der Waals surface area contributed by atoms with Crippen LogP contribution in [0.4, 0.5) is 0 Å². The zero-order chi connectivity index (χ0) is 15.7. The van der Waals surface area contributed by atoms with Gasteiger partial charge in [0.15, 0.2) is 0 Å². The van der Waals surface area contributed by atoms with Crippen molar-refractivity contribution >= 4 is 15.9 Å². The second-order valence-corrected chi connectivity index (χ2v) is 7.69. The van der Waals surface area contributed by atoms with Crippen LogP contribution < -0.4 is 10.6 Å². The SMILES string of the molecule is CCN(CCCNC(=O)CCC1CCCNC1)S(C)(=O)=O. The largest absolute Gasteiger partial charge is 0.356 e. The number of carbonyl (C=O) groups excluding carboxylic acids is 1. The summed E-state index contributed by atoms with van der Waals surface area (Å²) in [6, 6.07) is 0. The van der Waals surface area contributed by atoms with E-state index in [1.165, 1.54) is 23.4 Å². The van der Waals surface area contributed by atoms with Gasteiger partial charge in [0.25, 0.3) is 0 Å². The predicted octanol–water partition coefficient (Wildman–Crippen LogP) is 0.554. The van der Waals surface area contributed by atoms with Crippen molar-refractivity contribution in [3.8, 4) is 0 Å². The molecule has 1 rings (SSSR count). The van der Waals surface area contributed by atoms with Gasteiger partial charge in [-0.2, -0.15) is 0 Å². The molecule has 0 spiro atoms. The molecule has 0 aromatic rings. The summed E-state index contributed by atoms with van der Waals surface area (Å²) in [5.74, 6) is 0.688. The molecule has 0 aromatic carbocycles. The average molecular weight is 319 g/mol. The second kappa shape index (κ2) is 9.38. The van der Waals surface area contributed by atoms with E-state index in [0.29, 0.717) is 38.4 Å². The zero-order valence-electron chi connectivity index (χ0n) is 13.2. The molecule has 1 heterocycles. The van der Waals surface area contributed by atoms with Crippen LogP contribution in [0.2, 0.25) is 0 Å². The molecular formula is C14H29N3O3S. The lowest BCUT2D eigenvalue weighted by molar-refractivity contribution is -0.121. The van der Waals surface area contributed by atoms with Crippen molar-refractivity contribution in [3.05, 3.63) is 0 Å². The van der Waals surface area contributed by atoms with Crippen LogP contribution in [0, 0.1) is 5.92 Å². The van der Waals surface area contributed by atoms with E-state index in [1.807, 2.05) is 6.92 Å². The van der Waals surface area contributed by atoms with Crippen molar-refractivity contribution in [2.75, 3.05) is 39.0 Å². The minimum Gasteiger partial charge on any atom is -0.356 e. The van der Waals surface area contributed by atoms with Gasteiger partial charge in [-0.15, -0.1) is 0 Å². The summed E-state index contributed by atoms with van der Waals surface area (Å²) >= 11 is 0. The summed E-state index contributed by atoms with van der Waals surface area (Å²) in [5.41, 5.74) is 0. The molecule has 0 saturated carbocycles. The highest BCUT2D eigenvalue weighted by molar-refractivity contribution is 7.88. The molecule has 6 nitrogen and oxygen atoms in total. The van der Waals surface area contributed by atoms with Crippen molar-refractivity contribution in [3.63, 3.8) is 0 Å². The first-order valence-corrected chi connectivity index (χ1v) is 9.71. The first-order chi connectivity index (χ1) is 9.93. The molecule has 21 heavy (non-hydrogen) atoms. The minimum atomic E-state index is -3.13. The van der Waals surface area contributed by atoms with Gasteiger partial charge in [-0.1, -0.05) is 6.92 Å². The fourth-order valence-electron chi connectivity index (χ4n) is 2.64. The lowest BCUT2D eigenvalue weighted by atomic mass is 9.94. The van der Waals surface area contributed by atoms with E-state index in [4.69, 9.17) is 0 Å². The van der Waals surface area contributed by atoms with E-state index in [0.717, 1.165) is 19.5 Å². The molecule has 1 saturated heterocycles. The molecular weight excluding hydrogens is 290 g/mol. The predicted molar refractivity (Wildman–Crippen MR) is 84.5 cm³/mol. The molecule has 0 bridgehead atoms. The molecule has 1 aliphatic heterocycles. The Balaban J connectivity index is 2.10. The van der Waals surface area contributed by atoms with Gasteiger partial charge in [-0.05, 0) is 44.7 Å². The Morgan fingerprint density at radius 2 is 2.19 bits per heavy atom. The Kier molecular flexibility index (Phi) is 8.21. The van der Waals surface area contributed by atoms with Crippen molar-refractivity contribution < 1.29 is 13.2 Å². The van der Waals surface area contributed by atoms with Gasteiger partial charge >= 0.3 is 0 Å². The van der Waals surface area contributed by atoms with E-state index in [-0.39, 0.29) is 5.91 Å². The molecule has 0 radical (unpaired) electrons. The molecule has 1 aliphatic rings. The molecule has 7 heteroatoms. The highest BCUT2D eigenvalue weighted by atomic mass is 32.2. The lowest BCUT2D eigenvalue weighted by Gasteiger charge is -2.22. The Labute approximate surface area is 128 Å². The molecule has 0 aliphatic carbocycles. The molecule has 1 amide bonds. The standard InChI is InChI=1S/C14H29N3O3S/c1-3-17(21(2,19)20)11-5-10-16-14(18)8-7-13-6-4-9-15-12-13/h13,15H,3-12H2,1-2H3,(H,16,18). The Morgan fingerprint density at radius 3 is 2.76 bits per heavy atom. The topological polar surface area (TPSA) is 78.5 Å². The van der Waals surface area contributed by atoms with Crippen LogP contribution in [0.15, 0.2) is 0 Å². The highest BCUT2D eigenvalue weighted by Gasteiger charge is 2.15. The highest BCUT2D eigenvalue weighted by Crippen LogP contribution is 2.15. The van der Waals surface area contributed by atoms with Crippen molar-refractivity contribution in [2.45, 2.75) is 39.0 Å². The quantitative estimate of drug-likeness (QED) is 0.609. The van der Waals surface area contributed by atoms with Gasteiger partial charge in [0.2, 0.25) is 15.9 Å². The first kappa shape index (κ1) is 18.4. The summed E-state index contributed by atoms with van der Waals surface area (Å²) in [5, 5.41) is 6.22. The monoisotopic (exact) mass is 319 g/mol. The van der Waals surface area contributed by atoms with E-state index < -0.39 is 10.0 Å². The maximum atomic E-state index is 11.7. The molecule has 1 atom stereocenters. The normalized spacial score (nSPS) is 19.7. The maximum Gasteiger partial charge on any atom is 0.220 e. The van der Waals surface area contributed by atoms with E-state index >= 15 is 0 Å². The lowest BCUT2D eigenvalue weighted by Crippen LogP contribution is -2.34. The number of hydrogen-bond acceptors (Lipinski definition) is 4. The van der Waals surface area contributed by atoms with Crippen molar-refractivity contribution in [2.24, 2.45) is 5.92 Å². The van der Waals surface area contributed by atoms with Crippen LogP contribution >= 0.6 is 0 Å². The number of rotatable bonds is 9. The molecule has 0 aromatic heterocycles. The molecule has 2 N–H and O–H groups in total. The third-order valence-electron chi connectivity index (χ3n) is 3.91. The van der Waals surface area contributed by atoms with Crippen LogP contribution in [-0.4, -0.2) is 57.6 Å². The number of piperidine rings is 1. The van der Waals surface area contributed by atoms with Crippen LogP contribution in [0.3, 0.4) is 0 Å². The number of amides is 1. The summed E-state index contributed by atoms with van der Waals surface area (Å²) in [7, 11) is -3.13. The smallest absolute Gasteiger partial charge is 0.220 e. The molecule has 1 fully saturated rings. The van der Waals surface area contributed by atoms with Gasteiger partial charge < -0.3 is 10.6 Å². The third kappa shape index (κ3) is 7.78. The fourth-order valence-corrected chi connectivity index (χ4v) is 3.57.